The van der Waals surface area contributed by atoms with Gasteiger partial charge in [0.1, 0.15) is 11.9 Å². The lowest BCUT2D eigenvalue weighted by Crippen LogP contribution is -2.41. The SMILES string of the molecule is CCNC(=NCc1ccnn1C)NCC(C)Oc1cccc(Cl)c1. The van der Waals surface area contributed by atoms with E-state index < -0.39 is 0 Å². The quantitative estimate of drug-likeness (QED) is 0.595. The van der Waals surface area contributed by atoms with E-state index in [2.05, 4.69) is 20.7 Å². The Balaban J connectivity index is 1.87. The predicted molar refractivity (Wildman–Crippen MR) is 97.6 cm³/mol. The fourth-order valence-electron chi connectivity index (χ4n) is 2.11. The standard InChI is InChI=1S/C17H24ClN5O/c1-4-19-17(21-12-15-8-9-22-23(15)3)20-11-13(2)24-16-7-5-6-14(18)10-16/h5-10,13H,4,11-12H2,1-3H3,(H2,19,20,21). The summed E-state index contributed by atoms with van der Waals surface area (Å²) in [6.07, 6.45) is 1.75. The van der Waals surface area contributed by atoms with Gasteiger partial charge >= 0.3 is 0 Å². The Morgan fingerprint density at radius 3 is 2.88 bits per heavy atom. The summed E-state index contributed by atoms with van der Waals surface area (Å²) in [6, 6.07) is 9.35. The van der Waals surface area contributed by atoms with Crippen molar-refractivity contribution in [1.29, 1.82) is 0 Å². The van der Waals surface area contributed by atoms with Crippen molar-refractivity contribution >= 4 is 17.6 Å². The predicted octanol–water partition coefficient (Wildman–Crippen LogP) is 2.60. The van der Waals surface area contributed by atoms with Crippen LogP contribution in [0.5, 0.6) is 5.75 Å². The molecule has 0 spiro atoms. The lowest BCUT2D eigenvalue weighted by molar-refractivity contribution is 0.224. The number of benzene rings is 1. The van der Waals surface area contributed by atoms with E-state index >= 15 is 0 Å². The van der Waals surface area contributed by atoms with Crippen molar-refractivity contribution in [1.82, 2.24) is 20.4 Å². The second-order valence-corrected chi connectivity index (χ2v) is 5.84. The van der Waals surface area contributed by atoms with E-state index in [-0.39, 0.29) is 6.10 Å². The number of hydrogen-bond donors (Lipinski definition) is 2. The number of aryl methyl sites for hydroxylation is 1. The van der Waals surface area contributed by atoms with Gasteiger partial charge in [-0.15, -0.1) is 0 Å². The molecule has 2 rings (SSSR count). The molecule has 0 bridgehead atoms. The van der Waals surface area contributed by atoms with Gasteiger partial charge in [0.05, 0.1) is 18.8 Å². The fraction of sp³-hybridized carbons (Fsp3) is 0.412. The zero-order valence-electron chi connectivity index (χ0n) is 14.3. The number of nitrogens with zero attached hydrogens (tertiary/aromatic N) is 3. The smallest absolute Gasteiger partial charge is 0.191 e. The molecule has 0 aliphatic heterocycles. The largest absolute Gasteiger partial charge is 0.489 e. The first-order valence-corrected chi connectivity index (χ1v) is 8.37. The van der Waals surface area contributed by atoms with Crippen LogP contribution in [0.25, 0.3) is 0 Å². The summed E-state index contributed by atoms with van der Waals surface area (Å²) in [4.78, 5) is 4.57. The zero-order chi connectivity index (χ0) is 17.4. The number of nitrogens with one attached hydrogen (secondary N) is 2. The Hall–Kier alpha value is -2.21. The van der Waals surface area contributed by atoms with Crippen LogP contribution in [0.1, 0.15) is 19.5 Å². The summed E-state index contributed by atoms with van der Waals surface area (Å²) in [5.41, 5.74) is 1.05. The summed E-state index contributed by atoms with van der Waals surface area (Å²) in [5, 5.41) is 11.3. The summed E-state index contributed by atoms with van der Waals surface area (Å²) >= 11 is 5.97. The number of rotatable bonds is 7. The average Bonchev–Trinajstić information content (AvgIpc) is 2.95. The van der Waals surface area contributed by atoms with E-state index in [0.717, 1.165) is 23.9 Å². The molecule has 0 amide bonds. The summed E-state index contributed by atoms with van der Waals surface area (Å²) in [7, 11) is 1.91. The molecule has 0 saturated carbocycles. The third kappa shape index (κ3) is 5.77. The number of ether oxygens (including phenoxy) is 1. The topological polar surface area (TPSA) is 63.5 Å². The molecule has 6 nitrogen and oxygen atoms in total. The first-order valence-electron chi connectivity index (χ1n) is 7.99. The first-order chi connectivity index (χ1) is 11.6. The van der Waals surface area contributed by atoms with E-state index in [1.54, 1.807) is 12.3 Å². The van der Waals surface area contributed by atoms with E-state index in [0.29, 0.717) is 18.1 Å². The normalized spacial score (nSPS) is 12.8. The molecule has 2 aromatic rings. The highest BCUT2D eigenvalue weighted by Gasteiger charge is 2.06. The van der Waals surface area contributed by atoms with Gasteiger partial charge in [0.25, 0.3) is 0 Å². The van der Waals surface area contributed by atoms with E-state index in [1.807, 2.05) is 49.8 Å². The van der Waals surface area contributed by atoms with Crippen LogP contribution in [0.2, 0.25) is 5.02 Å². The zero-order valence-corrected chi connectivity index (χ0v) is 15.0. The van der Waals surface area contributed by atoms with Gasteiger partial charge in [-0.25, -0.2) is 4.99 Å². The van der Waals surface area contributed by atoms with Crippen LogP contribution in [-0.2, 0) is 13.6 Å². The molecule has 0 aliphatic rings. The number of halogens is 1. The second kappa shape index (κ2) is 9.17. The molecule has 1 aromatic heterocycles. The van der Waals surface area contributed by atoms with E-state index in [1.165, 1.54) is 0 Å². The Kier molecular flexibility index (Phi) is 6.93. The first kappa shape index (κ1) is 18.1. The van der Waals surface area contributed by atoms with Crippen molar-refractivity contribution in [3.8, 4) is 5.75 Å². The fourth-order valence-corrected chi connectivity index (χ4v) is 2.29. The van der Waals surface area contributed by atoms with E-state index in [9.17, 15) is 0 Å². The monoisotopic (exact) mass is 349 g/mol. The third-order valence-corrected chi connectivity index (χ3v) is 3.59. The minimum Gasteiger partial charge on any atom is -0.489 e. The van der Waals surface area contributed by atoms with Crippen molar-refractivity contribution in [2.45, 2.75) is 26.5 Å². The average molecular weight is 350 g/mol. The summed E-state index contributed by atoms with van der Waals surface area (Å²) in [6.45, 7) is 6.02. The van der Waals surface area contributed by atoms with Crippen molar-refractivity contribution in [2.24, 2.45) is 12.0 Å². The van der Waals surface area contributed by atoms with E-state index in [4.69, 9.17) is 16.3 Å². The molecular weight excluding hydrogens is 326 g/mol. The highest BCUT2D eigenvalue weighted by Crippen LogP contribution is 2.18. The summed E-state index contributed by atoms with van der Waals surface area (Å²) < 4.78 is 7.67. The van der Waals surface area contributed by atoms with Crippen LogP contribution in [0.4, 0.5) is 0 Å². The number of guanidine groups is 1. The van der Waals surface area contributed by atoms with Crippen LogP contribution in [0, 0.1) is 0 Å². The number of aromatic nitrogens is 2. The molecule has 130 valence electrons. The summed E-state index contributed by atoms with van der Waals surface area (Å²) in [5.74, 6) is 1.51. The molecule has 1 heterocycles. The van der Waals surface area contributed by atoms with Crippen LogP contribution >= 0.6 is 11.6 Å². The van der Waals surface area contributed by atoms with Gasteiger partial charge in [0.15, 0.2) is 5.96 Å². The second-order valence-electron chi connectivity index (χ2n) is 5.41. The maximum absolute atomic E-state index is 5.97. The third-order valence-electron chi connectivity index (χ3n) is 3.36. The molecule has 7 heteroatoms. The molecule has 0 radical (unpaired) electrons. The van der Waals surface area contributed by atoms with Gasteiger partial charge in [-0.05, 0) is 38.1 Å². The van der Waals surface area contributed by atoms with Gasteiger partial charge in [0.2, 0.25) is 0 Å². The van der Waals surface area contributed by atoms with Gasteiger partial charge in [-0.1, -0.05) is 17.7 Å². The highest BCUT2D eigenvalue weighted by molar-refractivity contribution is 6.30. The van der Waals surface area contributed by atoms with Crippen molar-refractivity contribution in [2.75, 3.05) is 13.1 Å². The van der Waals surface area contributed by atoms with Gasteiger partial charge in [-0.3, -0.25) is 4.68 Å². The molecule has 1 unspecified atom stereocenters. The van der Waals surface area contributed by atoms with Crippen molar-refractivity contribution in [3.63, 3.8) is 0 Å². The Labute approximate surface area is 147 Å². The molecule has 1 aromatic carbocycles. The molecule has 0 fully saturated rings. The molecular formula is C17H24ClN5O. The Morgan fingerprint density at radius 1 is 1.38 bits per heavy atom. The molecule has 0 aliphatic carbocycles. The maximum atomic E-state index is 5.97. The molecule has 24 heavy (non-hydrogen) atoms. The highest BCUT2D eigenvalue weighted by atomic mass is 35.5. The van der Waals surface area contributed by atoms with Crippen LogP contribution in [0.3, 0.4) is 0 Å². The Bertz CT molecular complexity index is 671. The Morgan fingerprint density at radius 2 is 2.21 bits per heavy atom. The van der Waals surface area contributed by atoms with Gasteiger partial charge < -0.3 is 15.4 Å². The minimum atomic E-state index is -0.0241. The molecule has 1 atom stereocenters. The minimum absolute atomic E-state index is 0.0241. The van der Waals surface area contributed by atoms with Crippen LogP contribution in [-0.4, -0.2) is 34.9 Å². The number of hydrogen-bond acceptors (Lipinski definition) is 3. The van der Waals surface area contributed by atoms with Gasteiger partial charge in [0, 0.05) is 24.8 Å². The molecule has 0 saturated heterocycles. The molecule has 2 N–H and O–H groups in total. The van der Waals surface area contributed by atoms with Crippen molar-refractivity contribution in [3.05, 3.63) is 47.2 Å². The maximum Gasteiger partial charge on any atom is 0.191 e. The van der Waals surface area contributed by atoms with Crippen LogP contribution in [0.15, 0.2) is 41.5 Å². The van der Waals surface area contributed by atoms with Crippen molar-refractivity contribution < 1.29 is 4.74 Å². The lowest BCUT2D eigenvalue weighted by atomic mass is 10.3. The van der Waals surface area contributed by atoms with Gasteiger partial charge in [-0.2, -0.15) is 5.10 Å². The number of aliphatic imine (C=N–C) groups is 1. The lowest BCUT2D eigenvalue weighted by Gasteiger charge is -2.17. The van der Waals surface area contributed by atoms with Crippen LogP contribution < -0.4 is 15.4 Å².